The van der Waals surface area contributed by atoms with Gasteiger partial charge in [-0.05, 0) is 42.2 Å². The first kappa shape index (κ1) is 11.1. The van der Waals surface area contributed by atoms with Crippen molar-refractivity contribution in [2.45, 2.75) is 46.0 Å². The molecule has 0 unspecified atom stereocenters. The van der Waals surface area contributed by atoms with E-state index in [1.54, 1.807) is 0 Å². The molecule has 2 rings (SSSR count). The largest absolute Gasteiger partial charge is 0.128 e. The second-order valence-corrected chi connectivity index (χ2v) is 4.33. The van der Waals surface area contributed by atoms with Crippen LogP contribution in [0.5, 0.6) is 0 Å². The monoisotopic (exact) mass is 216 g/mol. The molecule has 1 aromatic rings. The van der Waals surface area contributed by atoms with Crippen molar-refractivity contribution >= 4 is 11.4 Å². The zero-order chi connectivity index (χ0) is 11.4. The fourth-order valence-corrected chi connectivity index (χ4v) is 2.08. The van der Waals surface area contributed by atoms with Crippen LogP contribution in [0.25, 0.3) is 0 Å². The number of fused-ring (bicyclic) bond motifs is 1. The predicted octanol–water partition coefficient (Wildman–Crippen LogP) is 4.37. The molecule has 16 heavy (non-hydrogen) atoms. The van der Waals surface area contributed by atoms with E-state index in [0.717, 1.165) is 17.8 Å². The van der Waals surface area contributed by atoms with Crippen LogP contribution in [0.3, 0.4) is 0 Å². The molecule has 0 aliphatic carbocycles. The maximum Gasteiger partial charge on any atom is 0.118 e. The molecule has 1 aromatic carbocycles. The van der Waals surface area contributed by atoms with Crippen LogP contribution < -0.4 is 5.43 Å². The van der Waals surface area contributed by atoms with Crippen molar-refractivity contribution in [2.75, 3.05) is 0 Å². The Morgan fingerprint density at radius 2 is 2.00 bits per heavy atom. The zero-order valence-electron chi connectivity index (χ0n) is 10.0. The van der Waals surface area contributed by atoms with Crippen LogP contribution in [0, 0.1) is 6.92 Å². The third-order valence-electron chi connectivity index (χ3n) is 3.07. The summed E-state index contributed by atoms with van der Waals surface area (Å²) in [5.41, 5.74) is 8.57. The van der Waals surface area contributed by atoms with E-state index in [1.165, 1.54) is 36.8 Å². The molecule has 1 aliphatic heterocycles. The van der Waals surface area contributed by atoms with Crippen molar-refractivity contribution in [3.8, 4) is 0 Å². The first-order chi connectivity index (χ1) is 7.83. The lowest BCUT2D eigenvalue weighted by Gasteiger charge is -2.08. The van der Waals surface area contributed by atoms with E-state index in [9.17, 15) is 0 Å². The Morgan fingerprint density at radius 3 is 2.81 bits per heavy atom. The summed E-state index contributed by atoms with van der Waals surface area (Å²) in [6.45, 7) is 4.38. The van der Waals surface area contributed by atoms with E-state index in [4.69, 9.17) is 0 Å². The van der Waals surface area contributed by atoms with Crippen LogP contribution >= 0.6 is 0 Å². The van der Waals surface area contributed by atoms with Crippen LogP contribution in [-0.2, 0) is 6.42 Å². The summed E-state index contributed by atoms with van der Waals surface area (Å²) in [5.74, 6) is 0. The Kier molecular flexibility index (Phi) is 3.54. The minimum absolute atomic E-state index is 0.927. The van der Waals surface area contributed by atoms with Crippen LogP contribution in [0.2, 0.25) is 0 Å². The van der Waals surface area contributed by atoms with Gasteiger partial charge in [-0.3, -0.25) is 0 Å². The third kappa shape index (κ3) is 2.23. The molecule has 0 saturated carbocycles. The molecule has 3 heteroatoms. The van der Waals surface area contributed by atoms with Crippen LogP contribution in [0.4, 0.5) is 11.4 Å². The number of benzene rings is 1. The van der Waals surface area contributed by atoms with Gasteiger partial charge in [-0.1, -0.05) is 32.3 Å². The smallest absolute Gasteiger partial charge is 0.118 e. The maximum atomic E-state index is 4.12. The summed E-state index contributed by atoms with van der Waals surface area (Å²) < 4.78 is 0. The summed E-state index contributed by atoms with van der Waals surface area (Å²) in [5, 5.41) is 7.86. The SMILES string of the molecule is CCCCCCc1c(C)ccc2c1N=N[N]2. The topological polar surface area (TPSA) is 38.8 Å². The van der Waals surface area contributed by atoms with Crippen molar-refractivity contribution in [3.63, 3.8) is 0 Å². The molecular weight excluding hydrogens is 198 g/mol. The Balaban J connectivity index is 2.08. The second kappa shape index (κ2) is 5.10. The van der Waals surface area contributed by atoms with Crippen molar-refractivity contribution in [2.24, 2.45) is 10.3 Å². The van der Waals surface area contributed by atoms with E-state index >= 15 is 0 Å². The number of hydrogen-bond acceptors (Lipinski definition) is 2. The standard InChI is InChI=1S/C13H18N3/c1-3-4-5-6-7-11-10(2)8-9-12-13(11)15-16-14-12/h8-9H,3-7H2,1-2H3. The maximum absolute atomic E-state index is 4.12. The molecule has 85 valence electrons. The van der Waals surface area contributed by atoms with Crippen LogP contribution in [0.1, 0.15) is 43.7 Å². The summed E-state index contributed by atoms with van der Waals surface area (Å²) in [6.07, 6.45) is 6.24. The Hall–Kier alpha value is -1.38. The summed E-state index contributed by atoms with van der Waals surface area (Å²) in [7, 11) is 0. The van der Waals surface area contributed by atoms with Crippen molar-refractivity contribution in [1.29, 1.82) is 0 Å². The van der Waals surface area contributed by atoms with Crippen molar-refractivity contribution in [3.05, 3.63) is 23.3 Å². The van der Waals surface area contributed by atoms with Gasteiger partial charge in [0.2, 0.25) is 0 Å². The quantitative estimate of drug-likeness (QED) is 0.656. The fourth-order valence-electron chi connectivity index (χ4n) is 2.08. The number of aryl methyl sites for hydroxylation is 1. The Bertz CT molecular complexity index is 396. The second-order valence-electron chi connectivity index (χ2n) is 4.33. The van der Waals surface area contributed by atoms with Gasteiger partial charge in [-0.2, -0.15) is 0 Å². The van der Waals surface area contributed by atoms with Gasteiger partial charge in [0.05, 0.1) is 0 Å². The highest BCUT2D eigenvalue weighted by Crippen LogP contribution is 2.36. The number of unbranched alkanes of at least 4 members (excludes halogenated alkanes) is 3. The minimum atomic E-state index is 0.927. The van der Waals surface area contributed by atoms with Crippen LogP contribution in [-0.4, -0.2) is 0 Å². The first-order valence-electron chi connectivity index (χ1n) is 6.07. The highest BCUT2D eigenvalue weighted by Gasteiger charge is 2.15. The average molecular weight is 216 g/mol. The van der Waals surface area contributed by atoms with E-state index < -0.39 is 0 Å². The minimum Gasteiger partial charge on any atom is -0.128 e. The third-order valence-corrected chi connectivity index (χ3v) is 3.07. The first-order valence-corrected chi connectivity index (χ1v) is 6.07. The van der Waals surface area contributed by atoms with Gasteiger partial charge in [-0.15, -0.1) is 10.5 Å². The normalized spacial score (nSPS) is 12.6. The zero-order valence-corrected chi connectivity index (χ0v) is 10.0. The molecule has 0 saturated heterocycles. The van der Waals surface area contributed by atoms with E-state index in [2.05, 4.69) is 35.7 Å². The van der Waals surface area contributed by atoms with Gasteiger partial charge in [0.15, 0.2) is 0 Å². The van der Waals surface area contributed by atoms with Gasteiger partial charge < -0.3 is 0 Å². The molecule has 1 radical (unpaired) electrons. The molecule has 0 N–H and O–H groups in total. The molecular formula is C13H18N3. The van der Waals surface area contributed by atoms with E-state index in [0.29, 0.717) is 0 Å². The molecule has 0 atom stereocenters. The van der Waals surface area contributed by atoms with Gasteiger partial charge >= 0.3 is 0 Å². The van der Waals surface area contributed by atoms with Gasteiger partial charge in [-0.25, -0.2) is 0 Å². The molecule has 0 bridgehead atoms. The van der Waals surface area contributed by atoms with Crippen molar-refractivity contribution in [1.82, 2.24) is 5.43 Å². The molecule has 1 heterocycles. The van der Waals surface area contributed by atoms with Gasteiger partial charge in [0.25, 0.3) is 0 Å². The summed E-state index contributed by atoms with van der Waals surface area (Å²) in [4.78, 5) is 0. The van der Waals surface area contributed by atoms with Gasteiger partial charge in [0.1, 0.15) is 11.4 Å². The van der Waals surface area contributed by atoms with Crippen molar-refractivity contribution < 1.29 is 0 Å². The number of rotatable bonds is 5. The molecule has 0 aromatic heterocycles. The Morgan fingerprint density at radius 1 is 1.12 bits per heavy atom. The molecule has 0 fully saturated rings. The van der Waals surface area contributed by atoms with E-state index in [1.807, 2.05) is 6.07 Å². The van der Waals surface area contributed by atoms with Gasteiger partial charge in [0, 0.05) is 0 Å². The van der Waals surface area contributed by atoms with E-state index in [-0.39, 0.29) is 0 Å². The lowest BCUT2D eigenvalue weighted by Crippen LogP contribution is -1.92. The number of hydrogen-bond donors (Lipinski definition) is 0. The fraction of sp³-hybridized carbons (Fsp3) is 0.538. The summed E-state index contributed by atoms with van der Waals surface area (Å²) >= 11 is 0. The Labute approximate surface area is 96.9 Å². The molecule has 3 nitrogen and oxygen atoms in total. The lowest BCUT2D eigenvalue weighted by molar-refractivity contribution is 0.666. The molecule has 0 spiro atoms. The predicted molar refractivity (Wildman–Crippen MR) is 65.3 cm³/mol. The highest BCUT2D eigenvalue weighted by atomic mass is 15.5. The average Bonchev–Trinajstić information content (AvgIpc) is 2.75. The summed E-state index contributed by atoms with van der Waals surface area (Å²) in [6, 6.07) is 4.12. The lowest BCUT2D eigenvalue weighted by atomic mass is 9.99. The highest BCUT2D eigenvalue weighted by molar-refractivity contribution is 5.68. The number of nitrogens with zero attached hydrogens (tertiary/aromatic N) is 3. The molecule has 0 amide bonds. The molecule has 1 aliphatic rings. The van der Waals surface area contributed by atoms with Crippen LogP contribution in [0.15, 0.2) is 22.5 Å².